The van der Waals surface area contributed by atoms with Gasteiger partial charge in [0.2, 0.25) is 0 Å². The maximum absolute atomic E-state index is 12.2. The summed E-state index contributed by atoms with van der Waals surface area (Å²) in [6.07, 6.45) is 4.11. The van der Waals surface area contributed by atoms with E-state index in [9.17, 15) is 4.79 Å². The molecule has 1 aromatic rings. The number of fused-ring (bicyclic) bond motifs is 1. The number of anilines is 1. The largest absolute Gasteiger partial charge is 0.481 e. The Hall–Kier alpha value is -1.71. The molecule has 0 aromatic heterocycles. The molecule has 1 amide bonds. The van der Waals surface area contributed by atoms with E-state index in [0.29, 0.717) is 0 Å². The summed E-state index contributed by atoms with van der Waals surface area (Å²) in [7, 11) is 0. The number of carbonyl (C=O) groups excluding carboxylic acids is 1. The average molecular weight is 274 g/mol. The average Bonchev–Trinajstić information content (AvgIpc) is 3.00. The molecule has 1 aromatic carbocycles. The highest BCUT2D eigenvalue weighted by atomic mass is 16.5. The Morgan fingerprint density at radius 1 is 1.30 bits per heavy atom. The summed E-state index contributed by atoms with van der Waals surface area (Å²) in [5.74, 6) is 0.881. The molecule has 1 atom stereocenters. The van der Waals surface area contributed by atoms with Gasteiger partial charge in [0, 0.05) is 31.4 Å². The molecule has 1 fully saturated rings. The third-order valence-corrected chi connectivity index (χ3v) is 4.10. The number of hydrogen-bond donors (Lipinski definition) is 1. The van der Waals surface area contributed by atoms with E-state index < -0.39 is 6.10 Å². The van der Waals surface area contributed by atoms with Crippen molar-refractivity contribution in [2.45, 2.75) is 38.7 Å². The van der Waals surface area contributed by atoms with E-state index in [1.54, 1.807) is 0 Å². The van der Waals surface area contributed by atoms with Crippen molar-refractivity contribution in [2.75, 3.05) is 25.0 Å². The van der Waals surface area contributed by atoms with Crippen molar-refractivity contribution in [1.82, 2.24) is 4.90 Å². The number of likely N-dealkylation sites (tertiary alicyclic amines) is 1. The number of aryl methyl sites for hydroxylation is 1. The van der Waals surface area contributed by atoms with Crippen LogP contribution < -0.4 is 10.1 Å². The molecule has 0 saturated carbocycles. The summed E-state index contributed by atoms with van der Waals surface area (Å²) in [4.78, 5) is 14.1. The van der Waals surface area contributed by atoms with Gasteiger partial charge in [0.25, 0.3) is 5.91 Å². The number of nitrogens with one attached hydrogen (secondary N) is 1. The number of rotatable bonds is 3. The molecule has 1 unspecified atom stereocenters. The van der Waals surface area contributed by atoms with Gasteiger partial charge >= 0.3 is 0 Å². The molecule has 2 aliphatic heterocycles. The summed E-state index contributed by atoms with van der Waals surface area (Å²) in [5, 5.41) is 3.39. The number of carbonyl (C=O) groups is 1. The normalized spacial score (nSPS) is 19.1. The van der Waals surface area contributed by atoms with Crippen molar-refractivity contribution in [3.63, 3.8) is 0 Å². The van der Waals surface area contributed by atoms with E-state index in [0.717, 1.165) is 50.3 Å². The summed E-state index contributed by atoms with van der Waals surface area (Å²) in [6.45, 7) is 4.60. The molecule has 3 rings (SSSR count). The van der Waals surface area contributed by atoms with Crippen LogP contribution in [0.25, 0.3) is 0 Å². The first kappa shape index (κ1) is 13.3. The molecule has 1 N–H and O–H groups in total. The summed E-state index contributed by atoms with van der Waals surface area (Å²) in [5.41, 5.74) is 2.48. The van der Waals surface area contributed by atoms with Gasteiger partial charge in [0.05, 0.1) is 0 Å². The maximum atomic E-state index is 12.2. The van der Waals surface area contributed by atoms with Gasteiger partial charge in [-0.05, 0) is 44.2 Å². The zero-order valence-electron chi connectivity index (χ0n) is 12.0. The Balaban J connectivity index is 1.66. The molecule has 108 valence electrons. The fourth-order valence-electron chi connectivity index (χ4n) is 2.96. The molecule has 20 heavy (non-hydrogen) atoms. The summed E-state index contributed by atoms with van der Waals surface area (Å²) >= 11 is 0. The molecular formula is C16H22N2O2. The highest BCUT2D eigenvalue weighted by Crippen LogP contribution is 2.27. The van der Waals surface area contributed by atoms with Crippen molar-refractivity contribution in [2.24, 2.45) is 0 Å². The van der Waals surface area contributed by atoms with Gasteiger partial charge in [-0.2, -0.15) is 0 Å². The van der Waals surface area contributed by atoms with Gasteiger partial charge in [-0.25, -0.2) is 0 Å². The molecule has 4 nitrogen and oxygen atoms in total. The Bertz CT molecular complexity index is 495. The van der Waals surface area contributed by atoms with Crippen LogP contribution in [-0.4, -0.2) is 36.5 Å². The quantitative estimate of drug-likeness (QED) is 0.920. The van der Waals surface area contributed by atoms with Gasteiger partial charge in [-0.1, -0.05) is 6.07 Å². The molecule has 4 heteroatoms. The lowest BCUT2D eigenvalue weighted by Crippen LogP contribution is -2.38. The number of benzene rings is 1. The van der Waals surface area contributed by atoms with E-state index in [-0.39, 0.29) is 5.91 Å². The van der Waals surface area contributed by atoms with Crippen molar-refractivity contribution >= 4 is 11.6 Å². The molecule has 1 saturated heterocycles. The third-order valence-electron chi connectivity index (χ3n) is 4.10. The Kier molecular flexibility index (Phi) is 3.81. The highest BCUT2D eigenvalue weighted by Gasteiger charge is 2.24. The van der Waals surface area contributed by atoms with E-state index in [1.807, 2.05) is 24.0 Å². The van der Waals surface area contributed by atoms with Gasteiger partial charge in [-0.3, -0.25) is 4.79 Å². The fourth-order valence-corrected chi connectivity index (χ4v) is 2.96. The smallest absolute Gasteiger partial charge is 0.263 e. The van der Waals surface area contributed by atoms with Crippen LogP contribution in [0.3, 0.4) is 0 Å². The second kappa shape index (κ2) is 5.73. The second-order valence-electron chi connectivity index (χ2n) is 5.64. The lowest BCUT2D eigenvalue weighted by atomic mass is 10.0. The first-order chi connectivity index (χ1) is 9.74. The number of nitrogens with zero attached hydrogens (tertiary/aromatic N) is 1. The molecule has 2 heterocycles. The highest BCUT2D eigenvalue weighted by molar-refractivity contribution is 5.81. The van der Waals surface area contributed by atoms with Gasteiger partial charge in [-0.15, -0.1) is 0 Å². The predicted molar refractivity (Wildman–Crippen MR) is 79.2 cm³/mol. The van der Waals surface area contributed by atoms with Crippen LogP contribution in [0.2, 0.25) is 0 Å². The third kappa shape index (κ3) is 2.74. The van der Waals surface area contributed by atoms with Crippen molar-refractivity contribution in [3.8, 4) is 5.75 Å². The monoisotopic (exact) mass is 274 g/mol. The number of amides is 1. The van der Waals surface area contributed by atoms with Gasteiger partial charge in [0.1, 0.15) is 5.75 Å². The van der Waals surface area contributed by atoms with Gasteiger partial charge in [0.15, 0.2) is 6.10 Å². The van der Waals surface area contributed by atoms with E-state index in [2.05, 4.69) is 11.4 Å². The number of hydrogen-bond acceptors (Lipinski definition) is 3. The topological polar surface area (TPSA) is 41.6 Å². The summed E-state index contributed by atoms with van der Waals surface area (Å²) < 4.78 is 5.82. The zero-order valence-corrected chi connectivity index (χ0v) is 12.0. The van der Waals surface area contributed by atoms with Gasteiger partial charge < -0.3 is 15.0 Å². The summed E-state index contributed by atoms with van der Waals surface area (Å²) in [6, 6.07) is 6.09. The predicted octanol–water partition coefficient (Wildman–Crippen LogP) is 2.43. The Morgan fingerprint density at radius 3 is 2.90 bits per heavy atom. The van der Waals surface area contributed by atoms with Crippen LogP contribution in [0.5, 0.6) is 5.75 Å². The molecule has 0 aliphatic carbocycles. The van der Waals surface area contributed by atoms with Crippen LogP contribution in [-0.2, 0) is 11.2 Å². The molecule has 0 bridgehead atoms. The maximum Gasteiger partial charge on any atom is 0.263 e. The lowest BCUT2D eigenvalue weighted by Gasteiger charge is -2.23. The van der Waals surface area contributed by atoms with Crippen LogP contribution in [0.4, 0.5) is 5.69 Å². The first-order valence-corrected chi connectivity index (χ1v) is 7.56. The first-order valence-electron chi connectivity index (χ1n) is 7.56. The molecule has 0 spiro atoms. The second-order valence-corrected chi connectivity index (χ2v) is 5.64. The van der Waals surface area contributed by atoms with Crippen molar-refractivity contribution in [3.05, 3.63) is 23.8 Å². The minimum absolute atomic E-state index is 0.105. The van der Waals surface area contributed by atoms with Crippen molar-refractivity contribution in [1.29, 1.82) is 0 Å². The molecular weight excluding hydrogens is 252 g/mol. The van der Waals surface area contributed by atoms with E-state index in [4.69, 9.17) is 4.74 Å². The Labute approximate surface area is 120 Å². The standard InChI is InChI=1S/C16H22N2O2/c1-12(16(19)18-9-2-3-10-18)20-14-7-6-13-5-4-8-17-15(13)11-14/h6-7,11-12,17H,2-5,8-10H2,1H3. The van der Waals surface area contributed by atoms with Crippen LogP contribution in [0.1, 0.15) is 31.7 Å². The lowest BCUT2D eigenvalue weighted by molar-refractivity contribution is -0.136. The number of ether oxygens (including phenoxy) is 1. The molecule has 0 radical (unpaired) electrons. The minimum atomic E-state index is -0.408. The Morgan fingerprint density at radius 2 is 2.10 bits per heavy atom. The minimum Gasteiger partial charge on any atom is -0.481 e. The zero-order chi connectivity index (χ0) is 13.9. The SMILES string of the molecule is CC(Oc1ccc2c(c1)NCCC2)C(=O)N1CCCC1. The van der Waals surface area contributed by atoms with E-state index >= 15 is 0 Å². The van der Waals surface area contributed by atoms with Crippen molar-refractivity contribution < 1.29 is 9.53 Å². The molecule has 2 aliphatic rings. The van der Waals surface area contributed by atoms with Crippen LogP contribution >= 0.6 is 0 Å². The van der Waals surface area contributed by atoms with Crippen LogP contribution in [0.15, 0.2) is 18.2 Å². The fraction of sp³-hybridized carbons (Fsp3) is 0.562. The van der Waals surface area contributed by atoms with E-state index in [1.165, 1.54) is 12.0 Å². The van der Waals surface area contributed by atoms with Crippen LogP contribution in [0, 0.1) is 0 Å².